The third kappa shape index (κ3) is 6.76. The van der Waals surface area contributed by atoms with E-state index in [4.69, 9.17) is 4.98 Å². The van der Waals surface area contributed by atoms with Crippen LogP contribution in [0.2, 0.25) is 0 Å². The zero-order valence-electron chi connectivity index (χ0n) is 19.9. The Morgan fingerprint density at radius 1 is 1.24 bits per heavy atom. The lowest BCUT2D eigenvalue weighted by molar-refractivity contribution is -0.120. The highest BCUT2D eigenvalue weighted by Crippen LogP contribution is 2.29. The Balaban J connectivity index is 1.73. The molecule has 0 spiro atoms. The number of ketones is 1. The van der Waals surface area contributed by atoms with E-state index in [1.807, 2.05) is 19.9 Å². The summed E-state index contributed by atoms with van der Waals surface area (Å²) in [5, 5.41) is 0. The van der Waals surface area contributed by atoms with E-state index >= 15 is 0 Å². The molecule has 180 valence electrons. The number of aryl methyl sites for hydroxylation is 2. The van der Waals surface area contributed by atoms with Crippen molar-refractivity contribution in [2.45, 2.75) is 58.8 Å². The molecule has 1 aromatic heterocycles. The molecule has 1 saturated heterocycles. The number of rotatable bonds is 9. The molecule has 0 amide bonds. The van der Waals surface area contributed by atoms with Crippen LogP contribution in [0.15, 0.2) is 30.3 Å². The van der Waals surface area contributed by atoms with Gasteiger partial charge in [-0.2, -0.15) is 0 Å². The largest absolute Gasteiger partial charge is 0.356 e. The van der Waals surface area contributed by atoms with E-state index in [0.29, 0.717) is 24.8 Å². The number of Topliss-reactive ketones (excluding diaryl/α,β-unsaturated/α-hetero) is 1. The third-order valence-electron chi connectivity index (χ3n) is 6.31. The van der Waals surface area contributed by atoms with E-state index in [9.17, 15) is 17.6 Å². The minimum Gasteiger partial charge on any atom is -0.356 e. The van der Waals surface area contributed by atoms with Crippen molar-refractivity contribution in [3.05, 3.63) is 53.0 Å². The predicted molar refractivity (Wildman–Crippen MR) is 131 cm³/mol. The first-order chi connectivity index (χ1) is 15.6. The van der Waals surface area contributed by atoms with Crippen LogP contribution in [0.4, 0.5) is 15.9 Å². The second-order valence-electron chi connectivity index (χ2n) is 9.15. The molecular formula is C25H34FN3O3S. The first-order valence-corrected chi connectivity index (χ1v) is 13.5. The van der Waals surface area contributed by atoms with Gasteiger partial charge in [0.05, 0.1) is 11.9 Å². The summed E-state index contributed by atoms with van der Waals surface area (Å²) in [6.07, 6.45) is 4.71. The molecule has 6 nitrogen and oxygen atoms in total. The van der Waals surface area contributed by atoms with E-state index in [1.165, 1.54) is 12.1 Å². The second-order valence-corrected chi connectivity index (χ2v) is 10.9. The van der Waals surface area contributed by atoms with Crippen molar-refractivity contribution in [3.8, 4) is 0 Å². The normalized spacial score (nSPS) is 16.0. The molecule has 1 unspecified atom stereocenters. The molecule has 0 bridgehead atoms. The van der Waals surface area contributed by atoms with Gasteiger partial charge in [0.1, 0.15) is 17.4 Å². The molecule has 1 atom stereocenters. The monoisotopic (exact) mass is 475 g/mol. The van der Waals surface area contributed by atoms with Gasteiger partial charge in [0.15, 0.2) is 0 Å². The van der Waals surface area contributed by atoms with Gasteiger partial charge >= 0.3 is 0 Å². The first-order valence-electron chi connectivity index (χ1n) is 11.6. The van der Waals surface area contributed by atoms with Crippen LogP contribution >= 0.6 is 0 Å². The smallest absolute Gasteiger partial charge is 0.229 e. The summed E-state index contributed by atoms with van der Waals surface area (Å²) < 4.78 is 39.4. The summed E-state index contributed by atoms with van der Waals surface area (Å²) >= 11 is 0. The van der Waals surface area contributed by atoms with Gasteiger partial charge in [-0.3, -0.25) is 9.52 Å². The van der Waals surface area contributed by atoms with E-state index < -0.39 is 21.8 Å². The molecule has 3 rings (SSSR count). The number of carbonyl (C=O) groups is 1. The number of hydrogen-bond acceptors (Lipinski definition) is 5. The maximum atomic E-state index is 14.5. The fourth-order valence-corrected chi connectivity index (χ4v) is 4.94. The average molecular weight is 476 g/mol. The van der Waals surface area contributed by atoms with Crippen molar-refractivity contribution in [1.29, 1.82) is 0 Å². The van der Waals surface area contributed by atoms with Crippen molar-refractivity contribution in [2.24, 2.45) is 5.92 Å². The molecule has 0 aliphatic carbocycles. The number of anilines is 2. The number of sulfonamides is 1. The van der Waals surface area contributed by atoms with Crippen LogP contribution in [0.5, 0.6) is 0 Å². The lowest BCUT2D eigenvalue weighted by atomic mass is 9.89. The quantitative estimate of drug-likeness (QED) is 0.562. The minimum absolute atomic E-state index is 0.0412. The van der Waals surface area contributed by atoms with Gasteiger partial charge in [-0.05, 0) is 67.9 Å². The highest BCUT2D eigenvalue weighted by molar-refractivity contribution is 7.92. The topological polar surface area (TPSA) is 79.4 Å². The minimum atomic E-state index is -3.58. The van der Waals surface area contributed by atoms with Crippen LogP contribution in [0.1, 0.15) is 62.3 Å². The number of aromatic nitrogens is 1. The number of carbonyl (C=O) groups excluding carboxylic acids is 1. The highest BCUT2D eigenvalue weighted by atomic mass is 32.2. The van der Waals surface area contributed by atoms with Crippen LogP contribution in [0.25, 0.3) is 0 Å². The van der Waals surface area contributed by atoms with Gasteiger partial charge in [-0.1, -0.05) is 26.0 Å². The lowest BCUT2D eigenvalue weighted by Crippen LogP contribution is -2.34. The summed E-state index contributed by atoms with van der Waals surface area (Å²) in [7, 11) is -3.58. The van der Waals surface area contributed by atoms with Gasteiger partial charge in [0.25, 0.3) is 0 Å². The maximum absolute atomic E-state index is 14.5. The standard InChI is InChI=1S/C25H34FN3O3S/c1-5-21(20-8-10-23(22(26)16-20)28-33(4,31)32)24(30)11-9-19-7-6-18(3)27-25(19)29-14-12-17(2)13-15-29/h6-8,10,16-17,21,28H,5,9,11-15H2,1-4H3. The molecule has 1 aromatic carbocycles. The van der Waals surface area contributed by atoms with Gasteiger partial charge in [0.2, 0.25) is 10.0 Å². The van der Waals surface area contributed by atoms with E-state index in [0.717, 1.165) is 55.2 Å². The fraction of sp³-hybridized carbons (Fsp3) is 0.520. The zero-order chi connectivity index (χ0) is 24.2. The number of pyridine rings is 1. The maximum Gasteiger partial charge on any atom is 0.229 e. The number of hydrogen-bond donors (Lipinski definition) is 1. The molecule has 33 heavy (non-hydrogen) atoms. The van der Waals surface area contributed by atoms with Crippen molar-refractivity contribution >= 4 is 27.3 Å². The molecule has 1 N–H and O–H groups in total. The van der Waals surface area contributed by atoms with Crippen LogP contribution in [0.3, 0.4) is 0 Å². The van der Waals surface area contributed by atoms with Crippen molar-refractivity contribution < 1.29 is 17.6 Å². The Morgan fingerprint density at radius 3 is 2.55 bits per heavy atom. The predicted octanol–water partition coefficient (Wildman–Crippen LogP) is 4.83. The number of nitrogens with one attached hydrogen (secondary N) is 1. The number of nitrogens with zero attached hydrogens (tertiary/aromatic N) is 2. The zero-order valence-corrected chi connectivity index (χ0v) is 20.7. The first kappa shape index (κ1) is 25.1. The summed E-state index contributed by atoms with van der Waals surface area (Å²) in [6.45, 7) is 8.11. The van der Waals surface area contributed by atoms with Gasteiger partial charge < -0.3 is 4.90 Å². The SMILES string of the molecule is CCC(C(=O)CCc1ccc(C)nc1N1CCC(C)CC1)c1ccc(NS(C)(=O)=O)c(F)c1. The lowest BCUT2D eigenvalue weighted by Gasteiger charge is -2.32. The van der Waals surface area contributed by atoms with Gasteiger partial charge in [0, 0.05) is 31.1 Å². The molecule has 0 saturated carbocycles. The van der Waals surface area contributed by atoms with Crippen LogP contribution < -0.4 is 9.62 Å². The van der Waals surface area contributed by atoms with Crippen LogP contribution in [0, 0.1) is 18.7 Å². The average Bonchev–Trinajstić information content (AvgIpc) is 2.75. The molecule has 1 aliphatic rings. The summed E-state index contributed by atoms with van der Waals surface area (Å²) in [6, 6.07) is 8.30. The fourth-order valence-electron chi connectivity index (χ4n) is 4.37. The van der Waals surface area contributed by atoms with E-state index in [2.05, 4.69) is 22.6 Å². The molecule has 0 radical (unpaired) electrons. The molecule has 1 aliphatic heterocycles. The molecule has 2 aromatic rings. The Bertz CT molecular complexity index is 1100. The Labute approximate surface area is 196 Å². The number of halogens is 1. The second kappa shape index (κ2) is 10.6. The van der Waals surface area contributed by atoms with Crippen molar-refractivity contribution in [1.82, 2.24) is 4.98 Å². The highest BCUT2D eigenvalue weighted by Gasteiger charge is 2.23. The third-order valence-corrected chi connectivity index (χ3v) is 6.90. The summed E-state index contributed by atoms with van der Waals surface area (Å²) in [5.41, 5.74) is 2.47. The molecule has 1 fully saturated rings. The number of piperidine rings is 1. The Morgan fingerprint density at radius 2 is 1.94 bits per heavy atom. The van der Waals surface area contributed by atoms with Crippen molar-refractivity contribution in [3.63, 3.8) is 0 Å². The van der Waals surface area contributed by atoms with Gasteiger partial charge in [-0.15, -0.1) is 0 Å². The molecule has 8 heteroatoms. The van der Waals surface area contributed by atoms with Crippen LogP contribution in [-0.4, -0.2) is 38.5 Å². The Hall–Kier alpha value is -2.48. The van der Waals surface area contributed by atoms with E-state index in [1.54, 1.807) is 6.07 Å². The Kier molecular flexibility index (Phi) is 8.10. The van der Waals surface area contributed by atoms with Gasteiger partial charge in [-0.25, -0.2) is 17.8 Å². The van der Waals surface area contributed by atoms with E-state index in [-0.39, 0.29) is 11.5 Å². The molecule has 2 heterocycles. The van der Waals surface area contributed by atoms with Crippen LogP contribution in [-0.2, 0) is 21.2 Å². The summed E-state index contributed by atoms with van der Waals surface area (Å²) in [5.74, 6) is 0.614. The summed E-state index contributed by atoms with van der Waals surface area (Å²) in [4.78, 5) is 20.2. The molecular weight excluding hydrogens is 441 g/mol. The van der Waals surface area contributed by atoms with Crippen molar-refractivity contribution in [2.75, 3.05) is 29.0 Å². The number of benzene rings is 1.